The third-order valence-electron chi connectivity index (χ3n) is 3.70. The van der Waals surface area contributed by atoms with E-state index in [1.807, 2.05) is 4.90 Å². The molecule has 1 rings (SSSR count). The zero-order valence-corrected chi connectivity index (χ0v) is 11.5. The summed E-state index contributed by atoms with van der Waals surface area (Å²) in [4.78, 5) is 15.6. The second-order valence-corrected chi connectivity index (χ2v) is 5.82. The zero-order valence-electron chi connectivity index (χ0n) is 11.5. The number of hydrogen-bond acceptors (Lipinski definition) is 3. The van der Waals surface area contributed by atoms with Crippen LogP contribution in [0, 0.1) is 5.41 Å². The molecule has 1 amide bonds. The normalized spacial score (nSPS) is 18.5. The highest BCUT2D eigenvalue weighted by Gasteiger charge is 2.19. The number of rotatable bonds is 5. The lowest BCUT2D eigenvalue weighted by Gasteiger charge is -2.34. The number of nitrogens with zero attached hydrogens (tertiary/aromatic N) is 2. The molecule has 1 saturated heterocycles. The molecule has 0 aromatic heterocycles. The van der Waals surface area contributed by atoms with Crippen LogP contribution in [0.1, 0.15) is 33.6 Å². The minimum Gasteiger partial charge on any atom is -0.340 e. The molecular formula is C13H27N3O. The van der Waals surface area contributed by atoms with Gasteiger partial charge in [0.25, 0.3) is 0 Å². The van der Waals surface area contributed by atoms with E-state index in [4.69, 9.17) is 5.73 Å². The van der Waals surface area contributed by atoms with Crippen molar-refractivity contribution in [2.45, 2.75) is 33.6 Å². The Balaban J connectivity index is 2.16. The van der Waals surface area contributed by atoms with Gasteiger partial charge in [-0.15, -0.1) is 0 Å². The van der Waals surface area contributed by atoms with Gasteiger partial charge in [-0.1, -0.05) is 13.8 Å². The first-order valence-electron chi connectivity index (χ1n) is 6.62. The summed E-state index contributed by atoms with van der Waals surface area (Å²) in [5.74, 6) is 0.203. The van der Waals surface area contributed by atoms with Crippen LogP contribution in [0.5, 0.6) is 0 Å². The Hall–Kier alpha value is -0.610. The topological polar surface area (TPSA) is 49.6 Å². The van der Waals surface area contributed by atoms with E-state index in [0.29, 0.717) is 0 Å². The molecule has 0 unspecified atom stereocenters. The number of piperazine rings is 1. The third kappa shape index (κ3) is 5.04. The van der Waals surface area contributed by atoms with Gasteiger partial charge in [-0.2, -0.15) is 0 Å². The van der Waals surface area contributed by atoms with Crippen LogP contribution in [0.3, 0.4) is 0 Å². The molecule has 4 heteroatoms. The lowest BCUT2D eigenvalue weighted by Crippen LogP contribution is -2.48. The predicted molar refractivity (Wildman–Crippen MR) is 70.8 cm³/mol. The quantitative estimate of drug-likeness (QED) is 0.778. The summed E-state index contributed by atoms with van der Waals surface area (Å²) in [6, 6.07) is 0. The van der Waals surface area contributed by atoms with Gasteiger partial charge in [-0.25, -0.2) is 0 Å². The maximum Gasteiger partial charge on any atom is 0.219 e. The van der Waals surface area contributed by atoms with Gasteiger partial charge in [0.05, 0.1) is 0 Å². The summed E-state index contributed by atoms with van der Waals surface area (Å²) in [5, 5.41) is 0. The van der Waals surface area contributed by atoms with Crippen molar-refractivity contribution in [2.24, 2.45) is 11.1 Å². The summed E-state index contributed by atoms with van der Waals surface area (Å²) in [6.07, 6.45) is 2.38. The van der Waals surface area contributed by atoms with Crippen LogP contribution in [0.15, 0.2) is 0 Å². The first-order chi connectivity index (χ1) is 7.94. The monoisotopic (exact) mass is 241 g/mol. The van der Waals surface area contributed by atoms with Crippen LogP contribution >= 0.6 is 0 Å². The summed E-state index contributed by atoms with van der Waals surface area (Å²) in [6.45, 7) is 11.8. The second kappa shape index (κ2) is 6.36. The number of nitrogens with two attached hydrogens (primary N) is 1. The molecule has 0 bridgehead atoms. The smallest absolute Gasteiger partial charge is 0.219 e. The molecule has 1 heterocycles. The van der Waals surface area contributed by atoms with Gasteiger partial charge in [0, 0.05) is 33.1 Å². The zero-order chi connectivity index (χ0) is 12.9. The number of carbonyl (C=O) groups excluding carboxylic acids is 1. The van der Waals surface area contributed by atoms with Crippen LogP contribution in [0.4, 0.5) is 0 Å². The third-order valence-corrected chi connectivity index (χ3v) is 3.70. The molecule has 1 aliphatic heterocycles. The molecule has 1 fully saturated rings. The standard InChI is InChI=1S/C13H27N3O/c1-12(17)16-9-7-15(8-10-16)6-4-5-13(2,3)11-14/h4-11,14H2,1-3H3. The molecule has 0 saturated carbocycles. The summed E-state index contributed by atoms with van der Waals surface area (Å²) in [5.41, 5.74) is 5.98. The Kier molecular flexibility index (Phi) is 5.40. The van der Waals surface area contributed by atoms with Crippen LogP contribution < -0.4 is 5.73 Å². The van der Waals surface area contributed by atoms with E-state index in [1.165, 1.54) is 12.8 Å². The van der Waals surface area contributed by atoms with Crippen molar-refractivity contribution in [2.75, 3.05) is 39.3 Å². The van der Waals surface area contributed by atoms with E-state index in [1.54, 1.807) is 6.92 Å². The highest BCUT2D eigenvalue weighted by Crippen LogP contribution is 2.20. The lowest BCUT2D eigenvalue weighted by molar-refractivity contribution is -0.130. The Morgan fingerprint density at radius 1 is 1.24 bits per heavy atom. The van der Waals surface area contributed by atoms with Crippen LogP contribution in [-0.2, 0) is 4.79 Å². The van der Waals surface area contributed by atoms with Crippen LogP contribution in [0.25, 0.3) is 0 Å². The molecule has 0 atom stereocenters. The van der Waals surface area contributed by atoms with Gasteiger partial charge < -0.3 is 10.6 Å². The van der Waals surface area contributed by atoms with Gasteiger partial charge in [-0.3, -0.25) is 9.69 Å². The van der Waals surface area contributed by atoms with Crippen molar-refractivity contribution in [3.8, 4) is 0 Å². The van der Waals surface area contributed by atoms with Gasteiger partial charge in [0.15, 0.2) is 0 Å². The van der Waals surface area contributed by atoms with Crippen LogP contribution in [-0.4, -0.2) is 55.0 Å². The van der Waals surface area contributed by atoms with Crippen molar-refractivity contribution in [1.29, 1.82) is 0 Å². The fourth-order valence-corrected chi connectivity index (χ4v) is 2.17. The van der Waals surface area contributed by atoms with Crippen molar-refractivity contribution in [3.63, 3.8) is 0 Å². The van der Waals surface area contributed by atoms with Gasteiger partial charge >= 0.3 is 0 Å². The molecular weight excluding hydrogens is 214 g/mol. The SMILES string of the molecule is CC(=O)N1CCN(CCCC(C)(C)CN)CC1. The molecule has 2 N–H and O–H groups in total. The second-order valence-electron chi connectivity index (χ2n) is 5.82. The molecule has 0 radical (unpaired) electrons. The average Bonchev–Trinajstić information content (AvgIpc) is 2.29. The van der Waals surface area contributed by atoms with E-state index in [-0.39, 0.29) is 11.3 Å². The minimum atomic E-state index is 0.203. The molecule has 0 aromatic carbocycles. The Labute approximate surface area is 105 Å². The first kappa shape index (κ1) is 14.5. The lowest BCUT2D eigenvalue weighted by atomic mass is 9.88. The van der Waals surface area contributed by atoms with Crippen LogP contribution in [0.2, 0.25) is 0 Å². The summed E-state index contributed by atoms with van der Waals surface area (Å²) < 4.78 is 0. The fraction of sp³-hybridized carbons (Fsp3) is 0.923. The van der Waals surface area contributed by atoms with Crippen molar-refractivity contribution in [1.82, 2.24) is 9.80 Å². The maximum atomic E-state index is 11.2. The maximum absolute atomic E-state index is 11.2. The summed E-state index contributed by atoms with van der Waals surface area (Å²) in [7, 11) is 0. The van der Waals surface area contributed by atoms with E-state index in [9.17, 15) is 4.79 Å². The van der Waals surface area contributed by atoms with Gasteiger partial charge in [0.1, 0.15) is 0 Å². The number of hydrogen-bond donors (Lipinski definition) is 1. The summed E-state index contributed by atoms with van der Waals surface area (Å²) >= 11 is 0. The van der Waals surface area contributed by atoms with E-state index in [2.05, 4.69) is 18.7 Å². The van der Waals surface area contributed by atoms with E-state index in [0.717, 1.165) is 39.3 Å². The Morgan fingerprint density at radius 3 is 2.29 bits per heavy atom. The highest BCUT2D eigenvalue weighted by molar-refractivity contribution is 5.73. The van der Waals surface area contributed by atoms with E-state index < -0.39 is 0 Å². The average molecular weight is 241 g/mol. The Morgan fingerprint density at radius 2 is 1.82 bits per heavy atom. The molecule has 0 aliphatic carbocycles. The first-order valence-corrected chi connectivity index (χ1v) is 6.62. The predicted octanol–water partition coefficient (Wildman–Crippen LogP) is 0.916. The van der Waals surface area contributed by atoms with Gasteiger partial charge in [-0.05, 0) is 31.3 Å². The molecule has 100 valence electrons. The molecule has 17 heavy (non-hydrogen) atoms. The highest BCUT2D eigenvalue weighted by atomic mass is 16.2. The largest absolute Gasteiger partial charge is 0.340 e. The fourth-order valence-electron chi connectivity index (χ4n) is 2.17. The number of amides is 1. The molecule has 0 aromatic rings. The van der Waals surface area contributed by atoms with Crippen molar-refractivity contribution in [3.05, 3.63) is 0 Å². The molecule has 1 aliphatic rings. The minimum absolute atomic E-state index is 0.203. The molecule has 0 spiro atoms. The molecule has 4 nitrogen and oxygen atoms in total. The Bertz CT molecular complexity index is 245. The van der Waals surface area contributed by atoms with E-state index >= 15 is 0 Å². The van der Waals surface area contributed by atoms with Crippen molar-refractivity contribution < 1.29 is 4.79 Å². The number of carbonyl (C=O) groups is 1. The van der Waals surface area contributed by atoms with Crippen molar-refractivity contribution >= 4 is 5.91 Å². The van der Waals surface area contributed by atoms with Gasteiger partial charge in [0.2, 0.25) is 5.91 Å².